The molecule has 8 nitrogen and oxygen atoms in total. The first-order chi connectivity index (χ1) is 9.22. The van der Waals surface area contributed by atoms with Crippen LogP contribution in [0, 0.1) is 0 Å². The Morgan fingerprint density at radius 2 is 2.21 bits per heavy atom. The van der Waals surface area contributed by atoms with E-state index < -0.39 is 0 Å². The van der Waals surface area contributed by atoms with Crippen molar-refractivity contribution in [1.29, 1.82) is 0 Å². The number of amides is 1. The van der Waals surface area contributed by atoms with E-state index in [2.05, 4.69) is 20.8 Å². The SMILES string of the molecule is COc1ccc(NC(=O)Cn2cnnn2)c(OC)c1. The van der Waals surface area contributed by atoms with Crippen LogP contribution >= 0.6 is 0 Å². The van der Waals surface area contributed by atoms with Gasteiger partial charge in [0.1, 0.15) is 24.4 Å². The number of carbonyl (C=O) groups is 1. The Kier molecular flexibility index (Phi) is 3.91. The molecule has 100 valence electrons. The van der Waals surface area contributed by atoms with Crippen molar-refractivity contribution < 1.29 is 14.3 Å². The maximum atomic E-state index is 11.8. The molecule has 1 amide bonds. The highest BCUT2D eigenvalue weighted by molar-refractivity contribution is 5.92. The summed E-state index contributed by atoms with van der Waals surface area (Å²) in [5, 5.41) is 13.2. The summed E-state index contributed by atoms with van der Waals surface area (Å²) in [6.07, 6.45) is 1.37. The van der Waals surface area contributed by atoms with E-state index in [1.165, 1.54) is 18.1 Å². The quantitative estimate of drug-likeness (QED) is 0.835. The molecular formula is C11H13N5O3. The molecule has 1 aromatic carbocycles. The van der Waals surface area contributed by atoms with E-state index in [-0.39, 0.29) is 12.5 Å². The molecule has 19 heavy (non-hydrogen) atoms. The number of aromatic nitrogens is 4. The summed E-state index contributed by atoms with van der Waals surface area (Å²) < 4.78 is 11.6. The number of carbonyl (C=O) groups excluding carboxylic acids is 1. The van der Waals surface area contributed by atoms with Gasteiger partial charge in [0, 0.05) is 6.07 Å². The first kappa shape index (κ1) is 12.8. The van der Waals surface area contributed by atoms with Crippen molar-refractivity contribution in [2.24, 2.45) is 0 Å². The summed E-state index contributed by atoms with van der Waals surface area (Å²) in [4.78, 5) is 11.8. The van der Waals surface area contributed by atoms with Crippen LogP contribution in [0.2, 0.25) is 0 Å². The van der Waals surface area contributed by atoms with Gasteiger partial charge in [0.2, 0.25) is 5.91 Å². The Labute approximate surface area is 109 Å². The normalized spacial score (nSPS) is 10.0. The predicted octanol–water partition coefficient (Wildman–Crippen LogP) is 0.329. The third kappa shape index (κ3) is 3.18. The van der Waals surface area contributed by atoms with Crippen molar-refractivity contribution in [1.82, 2.24) is 20.2 Å². The minimum atomic E-state index is -0.254. The average Bonchev–Trinajstić information content (AvgIpc) is 2.91. The molecule has 0 aliphatic heterocycles. The number of nitrogens with zero attached hydrogens (tertiary/aromatic N) is 4. The molecule has 1 heterocycles. The summed E-state index contributed by atoms with van der Waals surface area (Å²) in [5.41, 5.74) is 0.557. The van der Waals surface area contributed by atoms with Crippen molar-refractivity contribution in [3.63, 3.8) is 0 Å². The molecular weight excluding hydrogens is 250 g/mol. The number of hydrogen-bond acceptors (Lipinski definition) is 6. The van der Waals surface area contributed by atoms with Crippen LogP contribution in [0.1, 0.15) is 0 Å². The third-order valence-corrected chi connectivity index (χ3v) is 2.38. The molecule has 0 bridgehead atoms. The van der Waals surface area contributed by atoms with E-state index in [4.69, 9.17) is 9.47 Å². The van der Waals surface area contributed by atoms with Gasteiger partial charge < -0.3 is 14.8 Å². The van der Waals surface area contributed by atoms with Crippen LogP contribution in [0.25, 0.3) is 0 Å². The van der Waals surface area contributed by atoms with Crippen molar-refractivity contribution in [2.75, 3.05) is 19.5 Å². The molecule has 1 aromatic heterocycles. The minimum Gasteiger partial charge on any atom is -0.497 e. The van der Waals surface area contributed by atoms with Crippen molar-refractivity contribution >= 4 is 11.6 Å². The summed E-state index contributed by atoms with van der Waals surface area (Å²) in [5.74, 6) is 0.913. The third-order valence-electron chi connectivity index (χ3n) is 2.38. The van der Waals surface area contributed by atoms with E-state index in [0.29, 0.717) is 17.2 Å². The molecule has 8 heteroatoms. The van der Waals surface area contributed by atoms with Gasteiger partial charge in [-0.1, -0.05) is 0 Å². The molecule has 1 N–H and O–H groups in total. The number of benzene rings is 1. The first-order valence-electron chi connectivity index (χ1n) is 5.45. The van der Waals surface area contributed by atoms with Crippen LogP contribution in [0.15, 0.2) is 24.5 Å². The van der Waals surface area contributed by atoms with E-state index >= 15 is 0 Å². The molecule has 0 saturated carbocycles. The van der Waals surface area contributed by atoms with Gasteiger partial charge in [-0.25, -0.2) is 4.68 Å². The fraction of sp³-hybridized carbons (Fsp3) is 0.273. The van der Waals surface area contributed by atoms with Crippen LogP contribution in [0.4, 0.5) is 5.69 Å². The maximum absolute atomic E-state index is 11.8. The molecule has 0 fully saturated rings. The Balaban J connectivity index is 2.07. The second kappa shape index (κ2) is 5.80. The number of hydrogen-bond donors (Lipinski definition) is 1. The summed E-state index contributed by atoms with van der Waals surface area (Å²) in [6.45, 7) is 0.0299. The van der Waals surface area contributed by atoms with Gasteiger partial charge >= 0.3 is 0 Å². The monoisotopic (exact) mass is 263 g/mol. The summed E-state index contributed by atoms with van der Waals surface area (Å²) >= 11 is 0. The van der Waals surface area contributed by atoms with Gasteiger partial charge in [-0.3, -0.25) is 4.79 Å². The molecule has 2 rings (SSSR count). The minimum absolute atomic E-state index is 0.0299. The Bertz CT molecular complexity index is 555. The molecule has 0 atom stereocenters. The van der Waals surface area contributed by atoms with Gasteiger partial charge in [0.05, 0.1) is 19.9 Å². The molecule has 0 saturated heterocycles. The van der Waals surface area contributed by atoms with E-state index in [1.54, 1.807) is 25.3 Å². The molecule has 0 unspecified atom stereocenters. The Morgan fingerprint density at radius 3 is 2.84 bits per heavy atom. The second-order valence-electron chi connectivity index (χ2n) is 3.62. The van der Waals surface area contributed by atoms with Crippen molar-refractivity contribution in [2.45, 2.75) is 6.54 Å². The van der Waals surface area contributed by atoms with Crippen LogP contribution in [-0.4, -0.2) is 40.3 Å². The second-order valence-corrected chi connectivity index (χ2v) is 3.62. The van der Waals surface area contributed by atoms with Crippen LogP contribution in [0.5, 0.6) is 11.5 Å². The fourth-order valence-corrected chi connectivity index (χ4v) is 1.49. The Hall–Kier alpha value is -2.64. The number of ether oxygens (including phenoxy) is 2. The van der Waals surface area contributed by atoms with E-state index in [0.717, 1.165) is 0 Å². The lowest BCUT2D eigenvalue weighted by molar-refractivity contribution is -0.116. The number of tetrazole rings is 1. The van der Waals surface area contributed by atoms with Crippen molar-refractivity contribution in [3.8, 4) is 11.5 Å². The van der Waals surface area contributed by atoms with Gasteiger partial charge in [-0.2, -0.15) is 0 Å². The average molecular weight is 263 g/mol. The highest BCUT2D eigenvalue weighted by Crippen LogP contribution is 2.28. The predicted molar refractivity (Wildman–Crippen MR) is 66.0 cm³/mol. The molecule has 2 aromatic rings. The van der Waals surface area contributed by atoms with Gasteiger partial charge in [0.15, 0.2) is 0 Å². The van der Waals surface area contributed by atoms with Crippen LogP contribution in [-0.2, 0) is 11.3 Å². The zero-order chi connectivity index (χ0) is 13.7. The lowest BCUT2D eigenvalue weighted by atomic mass is 10.2. The topological polar surface area (TPSA) is 91.2 Å². The maximum Gasteiger partial charge on any atom is 0.246 e. The van der Waals surface area contributed by atoms with Crippen LogP contribution in [0.3, 0.4) is 0 Å². The lowest BCUT2D eigenvalue weighted by Gasteiger charge is -2.11. The summed E-state index contributed by atoms with van der Waals surface area (Å²) in [6, 6.07) is 5.12. The summed E-state index contributed by atoms with van der Waals surface area (Å²) in [7, 11) is 3.08. The molecule has 0 aliphatic rings. The molecule has 0 aliphatic carbocycles. The Morgan fingerprint density at radius 1 is 1.37 bits per heavy atom. The van der Waals surface area contributed by atoms with Gasteiger partial charge in [0.25, 0.3) is 0 Å². The number of anilines is 1. The number of methoxy groups -OCH3 is 2. The first-order valence-corrected chi connectivity index (χ1v) is 5.45. The zero-order valence-corrected chi connectivity index (χ0v) is 10.5. The smallest absolute Gasteiger partial charge is 0.246 e. The molecule has 0 spiro atoms. The van der Waals surface area contributed by atoms with Crippen LogP contribution < -0.4 is 14.8 Å². The van der Waals surface area contributed by atoms with E-state index in [1.807, 2.05) is 0 Å². The largest absolute Gasteiger partial charge is 0.497 e. The number of rotatable bonds is 5. The zero-order valence-electron chi connectivity index (χ0n) is 10.5. The highest BCUT2D eigenvalue weighted by atomic mass is 16.5. The lowest BCUT2D eigenvalue weighted by Crippen LogP contribution is -2.19. The van der Waals surface area contributed by atoms with Gasteiger partial charge in [-0.15, -0.1) is 5.10 Å². The van der Waals surface area contributed by atoms with E-state index in [9.17, 15) is 4.79 Å². The van der Waals surface area contributed by atoms with Gasteiger partial charge in [-0.05, 0) is 22.6 Å². The standard InChI is InChI=1S/C11H13N5O3/c1-18-8-3-4-9(10(5-8)19-2)13-11(17)6-16-7-12-14-15-16/h3-5,7H,6H2,1-2H3,(H,13,17). The number of nitrogens with one attached hydrogen (secondary N) is 1. The fourth-order valence-electron chi connectivity index (χ4n) is 1.49. The highest BCUT2D eigenvalue weighted by Gasteiger charge is 2.09. The van der Waals surface area contributed by atoms with Crippen molar-refractivity contribution in [3.05, 3.63) is 24.5 Å². The molecule has 0 radical (unpaired) electrons.